The normalized spacial score (nSPS) is 16.4. The molecule has 1 heterocycles. The Morgan fingerprint density at radius 2 is 2.05 bits per heavy atom. The van der Waals surface area contributed by atoms with Crippen molar-refractivity contribution in [1.29, 1.82) is 0 Å². The van der Waals surface area contributed by atoms with E-state index in [4.69, 9.17) is 17.3 Å². The molecule has 22 heavy (non-hydrogen) atoms. The lowest BCUT2D eigenvalue weighted by Crippen LogP contribution is -2.43. The van der Waals surface area contributed by atoms with Gasteiger partial charge in [-0.2, -0.15) is 0 Å². The van der Waals surface area contributed by atoms with Gasteiger partial charge in [-0.25, -0.2) is 0 Å². The first-order chi connectivity index (χ1) is 10.5. The van der Waals surface area contributed by atoms with Crippen molar-refractivity contribution in [3.05, 3.63) is 34.9 Å². The number of hydrogen-bond donors (Lipinski definition) is 2. The molecular formula is C16H22ClN3O2. The van der Waals surface area contributed by atoms with Gasteiger partial charge in [-0.05, 0) is 50.0 Å². The summed E-state index contributed by atoms with van der Waals surface area (Å²) >= 11 is 5.92. The third kappa shape index (κ3) is 5.31. The van der Waals surface area contributed by atoms with E-state index in [-0.39, 0.29) is 17.7 Å². The lowest BCUT2D eigenvalue weighted by molar-refractivity contribution is -0.124. The van der Waals surface area contributed by atoms with E-state index in [0.29, 0.717) is 18.1 Å². The molecule has 5 nitrogen and oxygen atoms in total. The minimum absolute atomic E-state index is 0.0135. The van der Waals surface area contributed by atoms with E-state index in [1.54, 1.807) is 0 Å². The summed E-state index contributed by atoms with van der Waals surface area (Å²) < 4.78 is 0. The van der Waals surface area contributed by atoms with E-state index in [0.717, 1.165) is 37.9 Å². The number of nitrogens with zero attached hydrogens (tertiary/aromatic N) is 1. The summed E-state index contributed by atoms with van der Waals surface area (Å²) in [5.74, 6) is -0.257. The highest BCUT2D eigenvalue weighted by atomic mass is 35.5. The van der Waals surface area contributed by atoms with E-state index in [1.807, 2.05) is 24.3 Å². The molecule has 2 amide bonds. The van der Waals surface area contributed by atoms with E-state index in [1.165, 1.54) is 0 Å². The molecule has 0 saturated carbocycles. The Morgan fingerprint density at radius 3 is 2.68 bits per heavy atom. The molecule has 0 radical (unpaired) electrons. The van der Waals surface area contributed by atoms with Gasteiger partial charge in [0.2, 0.25) is 11.8 Å². The molecule has 1 fully saturated rings. The Kier molecular flexibility index (Phi) is 6.21. The number of nitrogens with one attached hydrogen (secondary N) is 1. The highest BCUT2D eigenvalue weighted by Crippen LogP contribution is 2.16. The van der Waals surface area contributed by atoms with E-state index >= 15 is 0 Å². The van der Waals surface area contributed by atoms with Crippen LogP contribution in [0.15, 0.2) is 24.3 Å². The van der Waals surface area contributed by atoms with Crippen molar-refractivity contribution in [3.8, 4) is 0 Å². The summed E-state index contributed by atoms with van der Waals surface area (Å²) in [6, 6.07) is 7.64. The second-order valence-corrected chi connectivity index (χ2v) is 6.12. The molecule has 0 spiro atoms. The maximum atomic E-state index is 11.9. The number of rotatable bonds is 6. The van der Waals surface area contributed by atoms with Gasteiger partial charge >= 0.3 is 0 Å². The second-order valence-electron chi connectivity index (χ2n) is 5.68. The fraction of sp³-hybridized carbons (Fsp3) is 0.500. The summed E-state index contributed by atoms with van der Waals surface area (Å²) in [5.41, 5.74) is 6.41. The van der Waals surface area contributed by atoms with Gasteiger partial charge in [0.05, 0.1) is 6.54 Å². The largest absolute Gasteiger partial charge is 0.369 e. The zero-order valence-electron chi connectivity index (χ0n) is 12.6. The Labute approximate surface area is 135 Å². The van der Waals surface area contributed by atoms with E-state index in [9.17, 15) is 9.59 Å². The molecule has 6 heteroatoms. The first-order valence-corrected chi connectivity index (χ1v) is 7.95. The molecule has 120 valence electrons. The fourth-order valence-corrected chi connectivity index (χ4v) is 2.89. The average Bonchev–Trinajstić information content (AvgIpc) is 2.48. The monoisotopic (exact) mass is 323 g/mol. The van der Waals surface area contributed by atoms with Gasteiger partial charge in [0, 0.05) is 17.5 Å². The molecule has 0 atom stereocenters. The third-order valence-electron chi connectivity index (χ3n) is 3.98. The highest BCUT2D eigenvalue weighted by Gasteiger charge is 2.23. The number of carbonyl (C=O) groups is 2. The van der Waals surface area contributed by atoms with Crippen LogP contribution in [0.2, 0.25) is 5.02 Å². The van der Waals surface area contributed by atoms with Crippen LogP contribution >= 0.6 is 11.6 Å². The number of piperidine rings is 1. The highest BCUT2D eigenvalue weighted by molar-refractivity contribution is 6.30. The molecule has 0 bridgehead atoms. The van der Waals surface area contributed by atoms with Gasteiger partial charge in [0.15, 0.2) is 0 Å². The van der Waals surface area contributed by atoms with Gasteiger partial charge in [-0.15, -0.1) is 0 Å². The van der Waals surface area contributed by atoms with Crippen LogP contribution in [0, 0.1) is 5.92 Å². The second kappa shape index (κ2) is 8.15. The predicted molar refractivity (Wildman–Crippen MR) is 86.5 cm³/mol. The van der Waals surface area contributed by atoms with Crippen molar-refractivity contribution in [2.75, 3.05) is 26.2 Å². The molecule has 1 aliphatic heterocycles. The Bertz CT molecular complexity index is 528. The quantitative estimate of drug-likeness (QED) is 0.826. The van der Waals surface area contributed by atoms with Gasteiger partial charge in [0.1, 0.15) is 0 Å². The Hall–Kier alpha value is -1.59. The van der Waals surface area contributed by atoms with Crippen LogP contribution < -0.4 is 11.1 Å². The van der Waals surface area contributed by atoms with Gasteiger partial charge < -0.3 is 11.1 Å². The number of hydrogen-bond acceptors (Lipinski definition) is 3. The summed E-state index contributed by atoms with van der Waals surface area (Å²) in [6.45, 7) is 2.46. The molecule has 1 aromatic carbocycles. The molecule has 1 aromatic rings. The molecular weight excluding hydrogens is 302 g/mol. The SMILES string of the molecule is NC(=O)C1CCN(CC(=O)NCCc2cccc(Cl)c2)CC1. The number of nitrogens with two attached hydrogens (primary N) is 1. The van der Waals surface area contributed by atoms with Crippen LogP contribution in [0.25, 0.3) is 0 Å². The predicted octanol–water partition coefficient (Wildman–Crippen LogP) is 1.20. The number of halogens is 1. The van der Waals surface area contributed by atoms with Crippen LogP contribution in [-0.2, 0) is 16.0 Å². The first kappa shape index (κ1) is 16.8. The number of primary amides is 1. The zero-order chi connectivity index (χ0) is 15.9. The number of likely N-dealkylation sites (tertiary alicyclic amines) is 1. The van der Waals surface area contributed by atoms with Crippen molar-refractivity contribution in [3.63, 3.8) is 0 Å². The van der Waals surface area contributed by atoms with Crippen molar-refractivity contribution in [2.45, 2.75) is 19.3 Å². The minimum Gasteiger partial charge on any atom is -0.369 e. The minimum atomic E-state index is -0.231. The number of benzene rings is 1. The molecule has 2 rings (SSSR count). The first-order valence-electron chi connectivity index (χ1n) is 7.57. The van der Waals surface area contributed by atoms with Gasteiger partial charge in [-0.3, -0.25) is 14.5 Å². The van der Waals surface area contributed by atoms with Crippen LogP contribution in [0.1, 0.15) is 18.4 Å². The van der Waals surface area contributed by atoms with Crippen molar-refractivity contribution >= 4 is 23.4 Å². The smallest absolute Gasteiger partial charge is 0.234 e. The average molecular weight is 324 g/mol. The molecule has 1 saturated heterocycles. The maximum absolute atomic E-state index is 11.9. The van der Waals surface area contributed by atoms with E-state index < -0.39 is 0 Å². The Morgan fingerprint density at radius 1 is 1.32 bits per heavy atom. The molecule has 0 aromatic heterocycles. The summed E-state index contributed by atoms with van der Waals surface area (Å²) in [7, 11) is 0. The van der Waals surface area contributed by atoms with E-state index in [2.05, 4.69) is 10.2 Å². The lowest BCUT2D eigenvalue weighted by Gasteiger charge is -2.29. The summed E-state index contributed by atoms with van der Waals surface area (Å²) in [4.78, 5) is 25.1. The van der Waals surface area contributed by atoms with Crippen LogP contribution in [-0.4, -0.2) is 42.9 Å². The number of amides is 2. The van der Waals surface area contributed by atoms with Crippen molar-refractivity contribution < 1.29 is 9.59 Å². The molecule has 0 unspecified atom stereocenters. The number of carbonyl (C=O) groups excluding carboxylic acids is 2. The molecule has 0 aliphatic carbocycles. The van der Waals surface area contributed by atoms with Crippen LogP contribution in [0.5, 0.6) is 0 Å². The van der Waals surface area contributed by atoms with Crippen molar-refractivity contribution in [1.82, 2.24) is 10.2 Å². The standard InChI is InChI=1S/C16H22ClN3O2/c17-14-3-1-2-12(10-14)4-7-19-15(21)11-20-8-5-13(6-9-20)16(18)22/h1-3,10,13H,4-9,11H2,(H2,18,22)(H,19,21). The van der Waals surface area contributed by atoms with Crippen LogP contribution in [0.4, 0.5) is 0 Å². The third-order valence-corrected chi connectivity index (χ3v) is 4.22. The fourth-order valence-electron chi connectivity index (χ4n) is 2.67. The van der Waals surface area contributed by atoms with Crippen molar-refractivity contribution in [2.24, 2.45) is 11.7 Å². The Balaban J connectivity index is 1.65. The van der Waals surface area contributed by atoms with Gasteiger partial charge in [0.25, 0.3) is 0 Å². The summed E-state index contributed by atoms with van der Waals surface area (Å²) in [5, 5.41) is 3.63. The molecule has 3 N–H and O–H groups in total. The van der Waals surface area contributed by atoms with Gasteiger partial charge in [-0.1, -0.05) is 23.7 Å². The topological polar surface area (TPSA) is 75.4 Å². The van der Waals surface area contributed by atoms with Crippen LogP contribution in [0.3, 0.4) is 0 Å². The maximum Gasteiger partial charge on any atom is 0.234 e. The lowest BCUT2D eigenvalue weighted by atomic mass is 9.96. The zero-order valence-corrected chi connectivity index (χ0v) is 13.3. The summed E-state index contributed by atoms with van der Waals surface area (Å²) in [6.07, 6.45) is 2.24. The molecule has 1 aliphatic rings.